The summed E-state index contributed by atoms with van der Waals surface area (Å²) in [6.07, 6.45) is -1.14. The average molecular weight is 255 g/mol. The summed E-state index contributed by atoms with van der Waals surface area (Å²) >= 11 is 0. The van der Waals surface area contributed by atoms with Gasteiger partial charge in [-0.2, -0.15) is 0 Å². The number of nitrogens with two attached hydrogens (primary N) is 1. The van der Waals surface area contributed by atoms with Gasteiger partial charge in [0.2, 0.25) is 0 Å². The molecule has 0 aromatic heterocycles. The van der Waals surface area contributed by atoms with E-state index in [1.165, 1.54) is 32.2 Å². The van der Waals surface area contributed by atoms with Crippen molar-refractivity contribution in [2.24, 2.45) is 5.73 Å². The molecule has 1 amide bonds. The van der Waals surface area contributed by atoms with Crippen LogP contribution in [-0.4, -0.2) is 25.1 Å². The molecule has 0 aliphatic heterocycles. The van der Waals surface area contributed by atoms with E-state index in [2.05, 4.69) is 0 Å². The molecule has 0 unspecified atom stereocenters. The monoisotopic (exact) mass is 255 g/mol. The fraction of sp³-hybridized carbons (Fsp3) is 0.333. The molecule has 0 fully saturated rings. The molecule has 98 valence electrons. The van der Waals surface area contributed by atoms with Crippen LogP contribution in [0.25, 0.3) is 0 Å². The predicted molar refractivity (Wildman–Crippen MR) is 61.4 cm³/mol. The molecule has 1 atom stereocenters. The van der Waals surface area contributed by atoms with Gasteiger partial charge in [-0.25, -0.2) is 4.39 Å². The standard InChI is InChI=1S/C12H14FNO4/c1-7(12(14)16)18-11(15)6-8-3-4-10(17-2)9(13)5-8/h3-5,7H,6H2,1-2H3,(H2,14,16)/t7-/m0/s1. The summed E-state index contributed by atoms with van der Waals surface area (Å²) in [7, 11) is 1.35. The molecular weight excluding hydrogens is 241 g/mol. The van der Waals surface area contributed by atoms with E-state index >= 15 is 0 Å². The lowest BCUT2D eigenvalue weighted by Gasteiger charge is -2.10. The molecule has 5 nitrogen and oxygen atoms in total. The maximum atomic E-state index is 13.3. The minimum atomic E-state index is -0.999. The molecular formula is C12H14FNO4. The van der Waals surface area contributed by atoms with Crippen molar-refractivity contribution in [3.8, 4) is 5.75 Å². The first-order chi connectivity index (χ1) is 8.43. The molecule has 0 spiro atoms. The van der Waals surface area contributed by atoms with Crippen molar-refractivity contribution in [1.29, 1.82) is 0 Å². The highest BCUT2D eigenvalue weighted by Crippen LogP contribution is 2.18. The van der Waals surface area contributed by atoms with Crippen molar-refractivity contribution in [1.82, 2.24) is 0 Å². The zero-order valence-electron chi connectivity index (χ0n) is 10.1. The molecule has 18 heavy (non-hydrogen) atoms. The second-order valence-corrected chi connectivity index (χ2v) is 3.68. The van der Waals surface area contributed by atoms with Gasteiger partial charge in [-0.15, -0.1) is 0 Å². The summed E-state index contributed by atoms with van der Waals surface area (Å²) in [6, 6.07) is 4.13. The highest BCUT2D eigenvalue weighted by Gasteiger charge is 2.15. The normalized spacial score (nSPS) is 11.7. The molecule has 0 saturated carbocycles. The van der Waals surface area contributed by atoms with E-state index in [4.69, 9.17) is 15.2 Å². The number of esters is 1. The second kappa shape index (κ2) is 6.00. The number of benzene rings is 1. The lowest BCUT2D eigenvalue weighted by Crippen LogP contribution is -2.30. The number of hydrogen-bond acceptors (Lipinski definition) is 4. The minimum absolute atomic E-state index is 0.0950. The molecule has 0 aliphatic carbocycles. The van der Waals surface area contributed by atoms with Crippen molar-refractivity contribution in [3.63, 3.8) is 0 Å². The van der Waals surface area contributed by atoms with Crippen LogP contribution in [0.15, 0.2) is 18.2 Å². The van der Waals surface area contributed by atoms with Crippen LogP contribution in [0.2, 0.25) is 0 Å². The molecule has 0 bridgehead atoms. The van der Waals surface area contributed by atoms with Gasteiger partial charge in [0, 0.05) is 0 Å². The van der Waals surface area contributed by atoms with Crippen LogP contribution in [0, 0.1) is 5.82 Å². The molecule has 0 radical (unpaired) electrons. The molecule has 6 heteroatoms. The second-order valence-electron chi connectivity index (χ2n) is 3.68. The van der Waals surface area contributed by atoms with Crippen LogP contribution in [0.5, 0.6) is 5.75 Å². The van der Waals surface area contributed by atoms with Gasteiger partial charge in [-0.05, 0) is 24.6 Å². The topological polar surface area (TPSA) is 78.6 Å². The summed E-state index contributed by atoms with van der Waals surface area (Å²) in [4.78, 5) is 22.1. The highest BCUT2D eigenvalue weighted by molar-refractivity contribution is 5.82. The zero-order valence-corrected chi connectivity index (χ0v) is 10.1. The Balaban J connectivity index is 2.65. The predicted octanol–water partition coefficient (Wildman–Crippen LogP) is 0.794. The molecule has 0 saturated heterocycles. The zero-order chi connectivity index (χ0) is 13.7. The minimum Gasteiger partial charge on any atom is -0.494 e. The number of primary amides is 1. The number of carbonyl (C=O) groups excluding carboxylic acids is 2. The number of halogens is 1. The Morgan fingerprint density at radius 2 is 2.11 bits per heavy atom. The van der Waals surface area contributed by atoms with Gasteiger partial charge in [0.15, 0.2) is 17.7 Å². The maximum absolute atomic E-state index is 13.3. The van der Waals surface area contributed by atoms with Crippen LogP contribution in [-0.2, 0) is 20.7 Å². The third kappa shape index (κ3) is 3.73. The van der Waals surface area contributed by atoms with E-state index in [9.17, 15) is 14.0 Å². The lowest BCUT2D eigenvalue weighted by molar-refractivity contribution is -0.153. The molecule has 0 aliphatic rings. The van der Waals surface area contributed by atoms with E-state index in [-0.39, 0.29) is 12.2 Å². The van der Waals surface area contributed by atoms with E-state index in [0.29, 0.717) is 5.56 Å². The van der Waals surface area contributed by atoms with E-state index in [1.807, 2.05) is 0 Å². The summed E-state index contributed by atoms with van der Waals surface area (Å²) in [5, 5.41) is 0. The van der Waals surface area contributed by atoms with Gasteiger partial charge in [-0.1, -0.05) is 6.07 Å². The van der Waals surface area contributed by atoms with Crippen LogP contribution in [0.4, 0.5) is 4.39 Å². The Kier molecular flexibility index (Phi) is 4.65. The number of hydrogen-bond donors (Lipinski definition) is 1. The number of carbonyl (C=O) groups is 2. The summed E-state index contributed by atoms with van der Waals surface area (Å²) < 4.78 is 22.8. The van der Waals surface area contributed by atoms with Crippen LogP contribution < -0.4 is 10.5 Å². The highest BCUT2D eigenvalue weighted by atomic mass is 19.1. The molecule has 1 rings (SSSR count). The number of methoxy groups -OCH3 is 1. The van der Waals surface area contributed by atoms with Crippen molar-refractivity contribution in [2.75, 3.05) is 7.11 Å². The van der Waals surface area contributed by atoms with Crippen LogP contribution in [0.1, 0.15) is 12.5 Å². The largest absolute Gasteiger partial charge is 0.494 e. The third-order valence-electron chi connectivity index (χ3n) is 2.27. The quantitative estimate of drug-likeness (QED) is 0.789. The van der Waals surface area contributed by atoms with Crippen LogP contribution >= 0.6 is 0 Å². The number of rotatable bonds is 5. The smallest absolute Gasteiger partial charge is 0.311 e. The Labute approximate surface area is 104 Å². The summed E-state index contributed by atoms with van der Waals surface area (Å²) in [5.74, 6) is -1.85. The van der Waals surface area contributed by atoms with Gasteiger partial charge in [0.25, 0.3) is 5.91 Å². The van der Waals surface area contributed by atoms with E-state index in [0.717, 1.165) is 0 Å². The fourth-order valence-electron chi connectivity index (χ4n) is 1.28. The van der Waals surface area contributed by atoms with E-state index < -0.39 is 23.8 Å². The Morgan fingerprint density at radius 1 is 1.44 bits per heavy atom. The van der Waals surface area contributed by atoms with Gasteiger partial charge in [0.05, 0.1) is 13.5 Å². The van der Waals surface area contributed by atoms with Crippen molar-refractivity contribution < 1.29 is 23.5 Å². The van der Waals surface area contributed by atoms with Crippen LogP contribution in [0.3, 0.4) is 0 Å². The van der Waals surface area contributed by atoms with E-state index in [1.54, 1.807) is 0 Å². The lowest BCUT2D eigenvalue weighted by atomic mass is 10.1. The summed E-state index contributed by atoms with van der Waals surface area (Å²) in [6.45, 7) is 1.37. The van der Waals surface area contributed by atoms with Crippen molar-refractivity contribution >= 4 is 11.9 Å². The van der Waals surface area contributed by atoms with Gasteiger partial charge in [0.1, 0.15) is 0 Å². The van der Waals surface area contributed by atoms with Gasteiger partial charge >= 0.3 is 5.97 Å². The molecule has 1 aromatic rings. The Hall–Kier alpha value is -2.11. The van der Waals surface area contributed by atoms with Gasteiger partial charge < -0.3 is 15.2 Å². The Morgan fingerprint density at radius 3 is 2.61 bits per heavy atom. The fourth-order valence-corrected chi connectivity index (χ4v) is 1.28. The average Bonchev–Trinajstić information content (AvgIpc) is 2.28. The third-order valence-corrected chi connectivity index (χ3v) is 2.27. The molecule has 0 heterocycles. The number of amides is 1. The first-order valence-electron chi connectivity index (χ1n) is 5.25. The molecule has 2 N–H and O–H groups in total. The first kappa shape index (κ1) is 14.0. The van der Waals surface area contributed by atoms with Crippen molar-refractivity contribution in [3.05, 3.63) is 29.6 Å². The van der Waals surface area contributed by atoms with Gasteiger partial charge in [-0.3, -0.25) is 9.59 Å². The Bertz CT molecular complexity index is 461. The summed E-state index contributed by atoms with van der Waals surface area (Å²) in [5.41, 5.74) is 5.37. The molecule has 1 aromatic carbocycles. The van der Waals surface area contributed by atoms with Crippen molar-refractivity contribution in [2.45, 2.75) is 19.4 Å². The number of ether oxygens (including phenoxy) is 2. The first-order valence-corrected chi connectivity index (χ1v) is 5.25. The SMILES string of the molecule is COc1ccc(CC(=O)O[C@@H](C)C(N)=O)cc1F. The maximum Gasteiger partial charge on any atom is 0.311 e.